The topological polar surface area (TPSA) is 95.9 Å². The van der Waals surface area contributed by atoms with E-state index in [9.17, 15) is 9.59 Å². The van der Waals surface area contributed by atoms with Gasteiger partial charge in [0.25, 0.3) is 5.91 Å². The third kappa shape index (κ3) is 6.21. The lowest BCUT2D eigenvalue weighted by atomic mass is 10.2. The molecule has 0 saturated carbocycles. The van der Waals surface area contributed by atoms with Gasteiger partial charge in [-0.2, -0.15) is 0 Å². The first-order valence-electron chi connectivity index (χ1n) is 5.55. The number of benzene rings is 1. The molecule has 1 rings (SSSR count). The van der Waals surface area contributed by atoms with Crippen molar-refractivity contribution in [2.75, 3.05) is 13.2 Å². The van der Waals surface area contributed by atoms with Gasteiger partial charge in [-0.05, 0) is 24.3 Å². The molecule has 0 aliphatic heterocycles. The summed E-state index contributed by atoms with van der Waals surface area (Å²) in [6.07, 6.45) is -1.51. The monoisotopic (exact) mass is 331 g/mol. The second-order valence-corrected chi connectivity index (χ2v) is 4.65. The minimum absolute atomic E-state index is 0.0423. The predicted molar refractivity (Wildman–Crippen MR) is 70.9 cm³/mol. The molecule has 104 valence electrons. The number of carbonyl (C=O) groups is 2. The minimum atomic E-state index is -1.47. The number of carboxylic acids is 1. The van der Waals surface area contributed by atoms with Crippen molar-refractivity contribution in [3.63, 3.8) is 0 Å². The summed E-state index contributed by atoms with van der Waals surface area (Å²) in [7, 11) is 0. The number of aliphatic carboxylic acids is 1. The zero-order valence-electron chi connectivity index (χ0n) is 10.0. The number of halogens is 1. The average molecular weight is 332 g/mol. The number of hydrogen-bond donors (Lipinski definition) is 3. The van der Waals surface area contributed by atoms with E-state index >= 15 is 0 Å². The van der Waals surface area contributed by atoms with Gasteiger partial charge in [-0.1, -0.05) is 15.9 Å². The van der Waals surface area contributed by atoms with Crippen LogP contribution < -0.4 is 10.1 Å². The van der Waals surface area contributed by atoms with Crippen molar-refractivity contribution in [1.82, 2.24) is 5.32 Å². The van der Waals surface area contributed by atoms with E-state index in [1.54, 1.807) is 24.3 Å². The Kier molecular flexibility index (Phi) is 6.31. The van der Waals surface area contributed by atoms with Crippen LogP contribution in [-0.2, 0) is 9.59 Å². The number of amides is 1. The number of carbonyl (C=O) groups excluding carboxylic acids is 1. The highest BCUT2D eigenvalue weighted by atomic mass is 79.9. The van der Waals surface area contributed by atoms with Crippen molar-refractivity contribution in [2.24, 2.45) is 0 Å². The van der Waals surface area contributed by atoms with E-state index in [4.69, 9.17) is 14.9 Å². The van der Waals surface area contributed by atoms with Crippen LogP contribution in [0.1, 0.15) is 6.42 Å². The Morgan fingerprint density at radius 3 is 2.53 bits per heavy atom. The Hall–Kier alpha value is -1.60. The summed E-state index contributed by atoms with van der Waals surface area (Å²) < 4.78 is 6.13. The maximum absolute atomic E-state index is 11.4. The first-order valence-corrected chi connectivity index (χ1v) is 6.34. The number of hydrogen-bond acceptors (Lipinski definition) is 4. The molecular formula is C12H14BrNO5. The number of nitrogens with one attached hydrogen (secondary N) is 1. The molecule has 1 aromatic rings. The van der Waals surface area contributed by atoms with Crippen LogP contribution in [0, 0.1) is 0 Å². The summed E-state index contributed by atoms with van der Waals surface area (Å²) in [5, 5.41) is 19.9. The average Bonchev–Trinajstić information content (AvgIpc) is 2.37. The van der Waals surface area contributed by atoms with Crippen molar-refractivity contribution in [3.05, 3.63) is 28.7 Å². The molecule has 0 heterocycles. The summed E-state index contributed by atoms with van der Waals surface area (Å²) in [6, 6.07) is 7.00. The van der Waals surface area contributed by atoms with Crippen molar-refractivity contribution < 1.29 is 24.5 Å². The van der Waals surface area contributed by atoms with Gasteiger partial charge in [-0.15, -0.1) is 0 Å². The van der Waals surface area contributed by atoms with Crippen LogP contribution in [0.5, 0.6) is 5.75 Å². The molecule has 0 radical (unpaired) electrons. The van der Waals surface area contributed by atoms with Crippen LogP contribution in [0.25, 0.3) is 0 Å². The second kappa shape index (κ2) is 7.75. The van der Waals surface area contributed by atoms with Crippen molar-refractivity contribution >= 4 is 27.8 Å². The highest BCUT2D eigenvalue weighted by Crippen LogP contribution is 2.15. The lowest BCUT2D eigenvalue weighted by Crippen LogP contribution is -2.33. The quantitative estimate of drug-likeness (QED) is 0.686. The van der Waals surface area contributed by atoms with E-state index in [0.29, 0.717) is 5.75 Å². The van der Waals surface area contributed by atoms with E-state index in [0.717, 1.165) is 4.47 Å². The van der Waals surface area contributed by atoms with Crippen molar-refractivity contribution in [2.45, 2.75) is 12.5 Å². The van der Waals surface area contributed by atoms with Gasteiger partial charge in [-0.3, -0.25) is 4.79 Å². The van der Waals surface area contributed by atoms with Crippen LogP contribution in [0.2, 0.25) is 0 Å². The smallest absolute Gasteiger partial charge is 0.332 e. The van der Waals surface area contributed by atoms with Gasteiger partial charge < -0.3 is 20.3 Å². The third-order valence-electron chi connectivity index (χ3n) is 2.21. The molecule has 1 aromatic carbocycles. The molecule has 0 saturated heterocycles. The maximum atomic E-state index is 11.4. The largest absolute Gasteiger partial charge is 0.484 e. The van der Waals surface area contributed by atoms with Gasteiger partial charge in [0.05, 0.1) is 0 Å². The number of carboxylic acid groups (broad SMARTS) is 1. The summed E-state index contributed by atoms with van der Waals surface area (Å²) in [5.41, 5.74) is 0. The summed E-state index contributed by atoms with van der Waals surface area (Å²) >= 11 is 3.28. The molecule has 7 heteroatoms. The fraction of sp³-hybridized carbons (Fsp3) is 0.333. The standard InChI is InChI=1S/C12H14BrNO5/c13-8-1-3-9(4-2-8)19-7-11(16)14-6-5-10(15)12(17)18/h1-4,10,15H,5-7H2,(H,14,16)(H,17,18)/t10-/m0/s1. The molecule has 0 aromatic heterocycles. The highest BCUT2D eigenvalue weighted by molar-refractivity contribution is 9.10. The molecule has 0 spiro atoms. The molecule has 0 aliphatic carbocycles. The van der Waals surface area contributed by atoms with Gasteiger partial charge in [0.2, 0.25) is 0 Å². The number of ether oxygens (including phenoxy) is 1. The summed E-state index contributed by atoms with van der Waals surface area (Å²) in [6.45, 7) is -0.0825. The molecule has 6 nitrogen and oxygen atoms in total. The maximum Gasteiger partial charge on any atom is 0.332 e. The lowest BCUT2D eigenvalue weighted by Gasteiger charge is -2.08. The number of aliphatic hydroxyl groups is 1. The molecule has 1 amide bonds. The first-order chi connectivity index (χ1) is 8.99. The van der Waals surface area contributed by atoms with Gasteiger partial charge in [-0.25, -0.2) is 4.79 Å². The minimum Gasteiger partial charge on any atom is -0.484 e. The molecule has 19 heavy (non-hydrogen) atoms. The van der Waals surface area contributed by atoms with Gasteiger partial charge in [0.1, 0.15) is 5.75 Å². The molecule has 3 N–H and O–H groups in total. The van der Waals surface area contributed by atoms with Gasteiger partial charge in [0.15, 0.2) is 12.7 Å². The van der Waals surface area contributed by atoms with Crippen LogP contribution >= 0.6 is 15.9 Å². The molecule has 0 bridgehead atoms. The Bertz CT molecular complexity index is 434. The third-order valence-corrected chi connectivity index (χ3v) is 2.74. The molecule has 1 atom stereocenters. The first kappa shape index (κ1) is 15.5. The van der Waals surface area contributed by atoms with E-state index in [1.807, 2.05) is 0 Å². The van der Waals surface area contributed by atoms with Crippen LogP contribution in [0.15, 0.2) is 28.7 Å². The molecule has 0 aliphatic rings. The number of aliphatic hydroxyl groups excluding tert-OH is 1. The van der Waals surface area contributed by atoms with Gasteiger partial charge in [0, 0.05) is 17.4 Å². The summed E-state index contributed by atoms with van der Waals surface area (Å²) in [4.78, 5) is 21.7. The van der Waals surface area contributed by atoms with Crippen molar-refractivity contribution in [1.29, 1.82) is 0 Å². The van der Waals surface area contributed by atoms with Crippen molar-refractivity contribution in [3.8, 4) is 5.75 Å². The Morgan fingerprint density at radius 2 is 1.95 bits per heavy atom. The van der Waals surface area contributed by atoms with Crippen LogP contribution in [0.4, 0.5) is 0 Å². The fourth-order valence-corrected chi connectivity index (χ4v) is 1.47. The molecule has 0 fully saturated rings. The molecular weight excluding hydrogens is 318 g/mol. The van der Waals surface area contributed by atoms with Crippen LogP contribution in [0.3, 0.4) is 0 Å². The van der Waals surface area contributed by atoms with E-state index in [-0.39, 0.29) is 25.5 Å². The SMILES string of the molecule is O=C(COc1ccc(Br)cc1)NCC[C@H](O)C(=O)O. The highest BCUT2D eigenvalue weighted by Gasteiger charge is 2.12. The Morgan fingerprint density at radius 1 is 1.32 bits per heavy atom. The van der Waals surface area contributed by atoms with Gasteiger partial charge >= 0.3 is 5.97 Å². The predicted octanol–water partition coefficient (Wildman–Crippen LogP) is 0.780. The Balaban J connectivity index is 2.21. The molecule has 0 unspecified atom stereocenters. The van der Waals surface area contributed by atoms with Crippen LogP contribution in [-0.4, -0.2) is 41.3 Å². The lowest BCUT2D eigenvalue weighted by molar-refractivity contribution is -0.147. The zero-order chi connectivity index (χ0) is 14.3. The fourth-order valence-electron chi connectivity index (χ4n) is 1.20. The van der Waals surface area contributed by atoms with E-state index in [2.05, 4.69) is 21.2 Å². The zero-order valence-corrected chi connectivity index (χ0v) is 11.6. The second-order valence-electron chi connectivity index (χ2n) is 3.74. The van der Waals surface area contributed by atoms with E-state index < -0.39 is 12.1 Å². The van der Waals surface area contributed by atoms with E-state index in [1.165, 1.54) is 0 Å². The Labute approximate surface area is 118 Å². The summed E-state index contributed by atoms with van der Waals surface area (Å²) in [5.74, 6) is -1.12. The normalized spacial score (nSPS) is 11.7. The number of rotatable bonds is 7.